The lowest BCUT2D eigenvalue weighted by atomic mass is 9.85. The van der Waals surface area contributed by atoms with Gasteiger partial charge in [0.1, 0.15) is 0 Å². The predicted octanol–water partition coefficient (Wildman–Crippen LogP) is 2.89. The van der Waals surface area contributed by atoms with Gasteiger partial charge in [-0.3, -0.25) is 9.89 Å². The van der Waals surface area contributed by atoms with Gasteiger partial charge in [-0.1, -0.05) is 19.3 Å². The summed E-state index contributed by atoms with van der Waals surface area (Å²) in [6, 6.07) is 1.83. The molecule has 2 fully saturated rings. The fraction of sp³-hybridized carbons (Fsp3) is 0.600. The maximum Gasteiger partial charge on any atom is 0.254 e. The average Bonchev–Trinajstić information content (AvgIpc) is 3.24. The summed E-state index contributed by atoms with van der Waals surface area (Å²) in [5.41, 5.74) is 1.75. The lowest BCUT2D eigenvalue weighted by Crippen LogP contribution is -2.41. The van der Waals surface area contributed by atoms with Gasteiger partial charge in [0, 0.05) is 37.9 Å². The SMILES string of the molecule is O=C(NCC1CCCN(c2ncccn2)C1)c1cn[nH]c1C1CCCCC1. The minimum absolute atomic E-state index is 0.00240. The van der Waals surface area contributed by atoms with Crippen molar-refractivity contribution < 1.29 is 4.79 Å². The Morgan fingerprint density at radius 2 is 1.96 bits per heavy atom. The van der Waals surface area contributed by atoms with Crippen molar-refractivity contribution in [3.63, 3.8) is 0 Å². The van der Waals surface area contributed by atoms with Gasteiger partial charge in [0.2, 0.25) is 5.95 Å². The van der Waals surface area contributed by atoms with E-state index >= 15 is 0 Å². The van der Waals surface area contributed by atoms with E-state index in [2.05, 4.69) is 30.4 Å². The van der Waals surface area contributed by atoms with E-state index in [9.17, 15) is 4.79 Å². The van der Waals surface area contributed by atoms with E-state index in [-0.39, 0.29) is 5.91 Å². The summed E-state index contributed by atoms with van der Waals surface area (Å²) in [6.07, 6.45) is 13.5. The Labute approximate surface area is 160 Å². The van der Waals surface area contributed by atoms with E-state index in [0.29, 0.717) is 18.4 Å². The van der Waals surface area contributed by atoms with Crippen LogP contribution in [0.15, 0.2) is 24.7 Å². The van der Waals surface area contributed by atoms with Crippen LogP contribution in [0.1, 0.15) is 66.9 Å². The Morgan fingerprint density at radius 3 is 2.78 bits per heavy atom. The van der Waals surface area contributed by atoms with Crippen molar-refractivity contribution in [3.8, 4) is 0 Å². The Bertz CT molecular complexity index is 740. The van der Waals surface area contributed by atoms with Crippen molar-refractivity contribution >= 4 is 11.9 Å². The van der Waals surface area contributed by atoms with Crippen molar-refractivity contribution in [3.05, 3.63) is 35.9 Å². The van der Waals surface area contributed by atoms with Gasteiger partial charge < -0.3 is 10.2 Å². The number of hydrogen-bond acceptors (Lipinski definition) is 5. The monoisotopic (exact) mass is 368 g/mol. The maximum absolute atomic E-state index is 12.8. The summed E-state index contributed by atoms with van der Waals surface area (Å²) in [5, 5.41) is 10.4. The number of piperidine rings is 1. The van der Waals surface area contributed by atoms with Gasteiger partial charge in [0.25, 0.3) is 5.91 Å². The highest BCUT2D eigenvalue weighted by molar-refractivity contribution is 5.95. The van der Waals surface area contributed by atoms with Crippen molar-refractivity contribution in [1.29, 1.82) is 0 Å². The van der Waals surface area contributed by atoms with Crippen LogP contribution in [0.4, 0.5) is 5.95 Å². The van der Waals surface area contributed by atoms with Gasteiger partial charge >= 0.3 is 0 Å². The number of H-pyrrole nitrogens is 1. The third-order valence-electron chi connectivity index (χ3n) is 5.83. The van der Waals surface area contributed by atoms with Gasteiger partial charge in [0.05, 0.1) is 17.5 Å². The van der Waals surface area contributed by atoms with Crippen LogP contribution < -0.4 is 10.2 Å². The molecule has 0 bridgehead atoms. The summed E-state index contributed by atoms with van der Waals surface area (Å²) >= 11 is 0. The van der Waals surface area contributed by atoms with Crippen LogP contribution >= 0.6 is 0 Å². The van der Waals surface area contributed by atoms with Gasteiger partial charge in [-0.05, 0) is 37.7 Å². The normalized spacial score (nSPS) is 21.2. The number of nitrogens with one attached hydrogen (secondary N) is 2. The molecule has 1 atom stereocenters. The lowest BCUT2D eigenvalue weighted by molar-refractivity contribution is 0.0944. The quantitative estimate of drug-likeness (QED) is 0.847. The molecule has 7 heteroatoms. The first-order valence-electron chi connectivity index (χ1n) is 10.1. The molecule has 0 spiro atoms. The fourth-order valence-electron chi connectivity index (χ4n) is 4.38. The largest absolute Gasteiger partial charge is 0.352 e. The molecular weight excluding hydrogens is 340 g/mol. The van der Waals surface area contributed by atoms with Crippen LogP contribution in [0, 0.1) is 5.92 Å². The molecule has 1 saturated carbocycles. The number of rotatable bonds is 5. The van der Waals surface area contributed by atoms with Gasteiger partial charge in [-0.15, -0.1) is 0 Å². The zero-order valence-electron chi connectivity index (χ0n) is 15.7. The number of nitrogens with zero attached hydrogens (tertiary/aromatic N) is 4. The second-order valence-electron chi connectivity index (χ2n) is 7.75. The second kappa shape index (κ2) is 8.50. The number of carbonyl (C=O) groups is 1. The standard InChI is InChI=1S/C20H28N6O/c27-19(17-13-24-25-18(17)16-7-2-1-3-8-16)23-12-15-6-4-11-26(14-15)20-21-9-5-10-22-20/h5,9-10,13,15-16H,1-4,6-8,11-12,14H2,(H,23,27)(H,24,25). The van der Waals surface area contributed by atoms with Crippen LogP contribution in [0.25, 0.3) is 0 Å². The molecule has 1 aliphatic heterocycles. The molecule has 2 aliphatic rings. The molecule has 2 aromatic heterocycles. The van der Waals surface area contributed by atoms with E-state index in [1.807, 2.05) is 6.07 Å². The molecule has 144 valence electrons. The summed E-state index contributed by atoms with van der Waals surface area (Å²) in [7, 11) is 0. The fourth-order valence-corrected chi connectivity index (χ4v) is 4.38. The molecule has 3 heterocycles. The van der Waals surface area contributed by atoms with Gasteiger partial charge in [-0.2, -0.15) is 5.10 Å². The third-order valence-corrected chi connectivity index (χ3v) is 5.83. The smallest absolute Gasteiger partial charge is 0.254 e. The molecule has 0 aromatic carbocycles. The van der Waals surface area contributed by atoms with Crippen LogP contribution in [-0.4, -0.2) is 45.7 Å². The Balaban J connectivity index is 1.33. The molecule has 27 heavy (non-hydrogen) atoms. The minimum atomic E-state index is -0.00240. The predicted molar refractivity (Wildman–Crippen MR) is 104 cm³/mol. The lowest BCUT2D eigenvalue weighted by Gasteiger charge is -2.32. The van der Waals surface area contributed by atoms with Crippen molar-refractivity contribution in [2.45, 2.75) is 50.9 Å². The molecular formula is C20H28N6O. The van der Waals surface area contributed by atoms with E-state index in [4.69, 9.17) is 0 Å². The Hall–Kier alpha value is -2.44. The van der Waals surface area contributed by atoms with Gasteiger partial charge in [-0.25, -0.2) is 9.97 Å². The summed E-state index contributed by atoms with van der Waals surface area (Å²) in [5.74, 6) is 1.64. The maximum atomic E-state index is 12.8. The number of hydrogen-bond donors (Lipinski definition) is 2. The van der Waals surface area contributed by atoms with Crippen LogP contribution in [-0.2, 0) is 0 Å². The van der Waals surface area contributed by atoms with E-state index < -0.39 is 0 Å². The highest BCUT2D eigenvalue weighted by Crippen LogP contribution is 2.33. The molecule has 2 N–H and O–H groups in total. The first kappa shape index (κ1) is 17.9. The molecule has 1 saturated heterocycles. The number of carbonyl (C=O) groups excluding carboxylic acids is 1. The molecule has 1 aliphatic carbocycles. The van der Waals surface area contributed by atoms with Crippen molar-refractivity contribution in [2.75, 3.05) is 24.5 Å². The number of amides is 1. The zero-order valence-corrected chi connectivity index (χ0v) is 15.7. The van der Waals surface area contributed by atoms with Crippen LogP contribution in [0.2, 0.25) is 0 Å². The van der Waals surface area contributed by atoms with Crippen LogP contribution in [0.5, 0.6) is 0 Å². The van der Waals surface area contributed by atoms with E-state index in [1.54, 1.807) is 18.6 Å². The number of aromatic nitrogens is 4. The Kier molecular flexibility index (Phi) is 5.65. The molecule has 4 rings (SSSR count). The topological polar surface area (TPSA) is 86.8 Å². The van der Waals surface area contributed by atoms with E-state index in [1.165, 1.54) is 19.3 Å². The average molecular weight is 368 g/mol. The zero-order chi connectivity index (χ0) is 18.5. The summed E-state index contributed by atoms with van der Waals surface area (Å²) < 4.78 is 0. The first-order valence-corrected chi connectivity index (χ1v) is 10.1. The molecule has 1 amide bonds. The van der Waals surface area contributed by atoms with E-state index in [0.717, 1.165) is 56.0 Å². The third kappa shape index (κ3) is 4.28. The molecule has 2 aromatic rings. The first-order chi connectivity index (χ1) is 13.3. The number of anilines is 1. The summed E-state index contributed by atoms with van der Waals surface area (Å²) in [6.45, 7) is 2.53. The number of aromatic amines is 1. The van der Waals surface area contributed by atoms with Crippen LogP contribution in [0.3, 0.4) is 0 Å². The second-order valence-corrected chi connectivity index (χ2v) is 7.75. The summed E-state index contributed by atoms with van der Waals surface area (Å²) in [4.78, 5) is 23.7. The highest BCUT2D eigenvalue weighted by atomic mass is 16.1. The van der Waals surface area contributed by atoms with Crippen molar-refractivity contribution in [2.24, 2.45) is 5.92 Å². The minimum Gasteiger partial charge on any atom is -0.352 e. The van der Waals surface area contributed by atoms with Gasteiger partial charge in [0.15, 0.2) is 0 Å². The molecule has 0 radical (unpaired) electrons. The van der Waals surface area contributed by atoms with Crippen molar-refractivity contribution in [1.82, 2.24) is 25.5 Å². The molecule has 1 unspecified atom stereocenters. The molecule has 7 nitrogen and oxygen atoms in total. The highest BCUT2D eigenvalue weighted by Gasteiger charge is 2.25. The Morgan fingerprint density at radius 1 is 1.15 bits per heavy atom.